The zero-order chi connectivity index (χ0) is 9.14. The highest BCUT2D eigenvalue weighted by Crippen LogP contribution is 2.12. The number of aryl methyl sites for hydroxylation is 1. The molecule has 66 valence electrons. The Kier molecular flexibility index (Phi) is 3.00. The number of nitrogens with zero attached hydrogens (tertiary/aromatic N) is 1. The first-order chi connectivity index (χ1) is 5.59. The van der Waals surface area contributed by atoms with E-state index in [1.54, 1.807) is 11.3 Å². The van der Waals surface area contributed by atoms with Gasteiger partial charge in [0.05, 0.1) is 10.7 Å². The summed E-state index contributed by atoms with van der Waals surface area (Å²) in [6, 6.07) is 0.118. The van der Waals surface area contributed by atoms with Crippen molar-refractivity contribution in [2.24, 2.45) is 5.73 Å². The molecule has 0 bridgehead atoms. The van der Waals surface area contributed by atoms with E-state index in [1.807, 2.05) is 32.2 Å². The van der Waals surface area contributed by atoms with Crippen molar-refractivity contribution < 1.29 is 0 Å². The summed E-state index contributed by atoms with van der Waals surface area (Å²) in [5, 5.41) is 3.14. The molecular formula is C9H14N2S. The zero-order valence-corrected chi connectivity index (χ0v) is 8.48. The number of nitrogens with two attached hydrogens (primary N) is 1. The van der Waals surface area contributed by atoms with Crippen molar-refractivity contribution >= 4 is 17.4 Å². The van der Waals surface area contributed by atoms with Gasteiger partial charge in [0, 0.05) is 11.4 Å². The first-order valence-corrected chi connectivity index (χ1v) is 4.83. The molecule has 1 aromatic rings. The van der Waals surface area contributed by atoms with Crippen LogP contribution in [0, 0.1) is 6.92 Å². The second kappa shape index (κ2) is 3.83. The van der Waals surface area contributed by atoms with Gasteiger partial charge in [0.1, 0.15) is 0 Å². The first kappa shape index (κ1) is 9.42. The van der Waals surface area contributed by atoms with Gasteiger partial charge >= 0.3 is 0 Å². The molecule has 0 aliphatic carbocycles. The maximum atomic E-state index is 5.70. The second-order valence-electron chi connectivity index (χ2n) is 2.97. The van der Waals surface area contributed by atoms with Gasteiger partial charge in [-0.1, -0.05) is 5.57 Å². The van der Waals surface area contributed by atoms with Crippen molar-refractivity contribution in [3.63, 3.8) is 0 Å². The molecule has 2 nitrogen and oxygen atoms in total. The summed E-state index contributed by atoms with van der Waals surface area (Å²) >= 11 is 1.66. The summed E-state index contributed by atoms with van der Waals surface area (Å²) < 4.78 is 0. The van der Waals surface area contributed by atoms with Crippen LogP contribution in [-0.2, 0) is 0 Å². The molecule has 0 aliphatic rings. The molecule has 0 saturated carbocycles. The van der Waals surface area contributed by atoms with E-state index in [2.05, 4.69) is 4.98 Å². The predicted molar refractivity (Wildman–Crippen MR) is 54.2 cm³/mol. The molecular weight excluding hydrogens is 168 g/mol. The zero-order valence-electron chi connectivity index (χ0n) is 7.66. The molecule has 0 radical (unpaired) electrons. The van der Waals surface area contributed by atoms with Gasteiger partial charge in [-0.05, 0) is 26.8 Å². The maximum Gasteiger partial charge on any atom is 0.0901 e. The fourth-order valence-electron chi connectivity index (χ4n) is 0.811. The fourth-order valence-corrected chi connectivity index (χ4v) is 1.38. The monoisotopic (exact) mass is 182 g/mol. The highest BCUT2D eigenvalue weighted by Gasteiger charge is 1.98. The van der Waals surface area contributed by atoms with E-state index in [0.717, 1.165) is 10.7 Å². The molecule has 1 rings (SSSR count). The third-order valence-corrected chi connectivity index (χ3v) is 2.52. The van der Waals surface area contributed by atoms with Gasteiger partial charge < -0.3 is 5.73 Å². The van der Waals surface area contributed by atoms with E-state index in [9.17, 15) is 0 Å². The van der Waals surface area contributed by atoms with Crippen molar-refractivity contribution in [2.75, 3.05) is 0 Å². The molecule has 1 unspecified atom stereocenters. The molecule has 1 atom stereocenters. The fraction of sp³-hybridized carbons (Fsp3) is 0.444. The van der Waals surface area contributed by atoms with Gasteiger partial charge in [-0.2, -0.15) is 0 Å². The van der Waals surface area contributed by atoms with Crippen molar-refractivity contribution in [3.8, 4) is 0 Å². The van der Waals surface area contributed by atoms with Gasteiger partial charge in [0.2, 0.25) is 0 Å². The molecule has 1 heterocycles. The minimum Gasteiger partial charge on any atom is -0.324 e. The van der Waals surface area contributed by atoms with Crippen molar-refractivity contribution in [1.29, 1.82) is 0 Å². The summed E-state index contributed by atoms with van der Waals surface area (Å²) in [6.07, 6.45) is 2.04. The highest BCUT2D eigenvalue weighted by molar-refractivity contribution is 7.09. The van der Waals surface area contributed by atoms with Crippen LogP contribution in [0.3, 0.4) is 0 Å². The minimum absolute atomic E-state index is 0.118. The van der Waals surface area contributed by atoms with Gasteiger partial charge in [0.15, 0.2) is 0 Å². The van der Waals surface area contributed by atoms with Gasteiger partial charge in [-0.3, -0.25) is 0 Å². The Morgan fingerprint density at radius 2 is 2.42 bits per heavy atom. The second-order valence-corrected chi connectivity index (χ2v) is 4.03. The molecule has 0 spiro atoms. The lowest BCUT2D eigenvalue weighted by molar-refractivity contribution is 0.867. The highest BCUT2D eigenvalue weighted by atomic mass is 32.1. The lowest BCUT2D eigenvalue weighted by Crippen LogP contribution is -2.15. The van der Waals surface area contributed by atoms with Crippen LogP contribution in [0.4, 0.5) is 0 Å². The van der Waals surface area contributed by atoms with Crippen LogP contribution in [0.1, 0.15) is 24.5 Å². The lowest BCUT2D eigenvalue weighted by Gasteiger charge is -2.02. The van der Waals surface area contributed by atoms with Crippen LogP contribution in [0.15, 0.2) is 11.0 Å². The van der Waals surface area contributed by atoms with Gasteiger partial charge in [-0.25, -0.2) is 4.98 Å². The number of thiazole rings is 1. The van der Waals surface area contributed by atoms with Crippen LogP contribution >= 0.6 is 11.3 Å². The van der Waals surface area contributed by atoms with Crippen molar-refractivity contribution in [3.05, 3.63) is 21.7 Å². The summed E-state index contributed by atoms with van der Waals surface area (Å²) in [5.74, 6) is 0. The normalized spacial score (nSPS) is 14.8. The number of hydrogen-bond acceptors (Lipinski definition) is 3. The predicted octanol–water partition coefficient (Wildman–Crippen LogP) is 2.20. The Labute approximate surface area is 77.1 Å². The van der Waals surface area contributed by atoms with Crippen molar-refractivity contribution in [1.82, 2.24) is 4.98 Å². The van der Waals surface area contributed by atoms with Crippen LogP contribution in [0.2, 0.25) is 0 Å². The Balaban J connectivity index is 2.80. The standard InChI is InChI=1S/C9H14N2S/c1-6(7(2)10)4-9-5-12-8(3)11-9/h4-5,7H,10H2,1-3H3/b6-4+. The summed E-state index contributed by atoms with van der Waals surface area (Å²) in [5.41, 5.74) is 7.89. The molecule has 12 heavy (non-hydrogen) atoms. The van der Waals surface area contributed by atoms with Crippen LogP contribution in [-0.4, -0.2) is 11.0 Å². The Bertz CT molecular complexity index is 286. The van der Waals surface area contributed by atoms with E-state index in [0.29, 0.717) is 0 Å². The first-order valence-electron chi connectivity index (χ1n) is 3.95. The third-order valence-electron chi connectivity index (χ3n) is 1.73. The molecule has 2 N–H and O–H groups in total. The molecule has 0 amide bonds. The maximum absolute atomic E-state index is 5.70. The quantitative estimate of drug-likeness (QED) is 0.761. The molecule has 0 saturated heterocycles. The lowest BCUT2D eigenvalue weighted by atomic mass is 10.1. The van der Waals surface area contributed by atoms with Crippen LogP contribution in [0.25, 0.3) is 6.08 Å². The third kappa shape index (κ3) is 2.43. The van der Waals surface area contributed by atoms with E-state index in [-0.39, 0.29) is 6.04 Å². The average molecular weight is 182 g/mol. The van der Waals surface area contributed by atoms with E-state index in [4.69, 9.17) is 5.73 Å². The number of rotatable bonds is 2. The molecule has 3 heteroatoms. The molecule has 0 aliphatic heterocycles. The average Bonchev–Trinajstić information content (AvgIpc) is 2.35. The van der Waals surface area contributed by atoms with Crippen LogP contribution in [0.5, 0.6) is 0 Å². The minimum atomic E-state index is 0.118. The van der Waals surface area contributed by atoms with Crippen LogP contribution < -0.4 is 5.73 Å². The molecule has 1 aromatic heterocycles. The Morgan fingerprint density at radius 1 is 1.75 bits per heavy atom. The van der Waals surface area contributed by atoms with E-state index < -0.39 is 0 Å². The van der Waals surface area contributed by atoms with Crippen molar-refractivity contribution in [2.45, 2.75) is 26.8 Å². The SMILES string of the molecule is C/C(=C\c1csc(C)n1)C(C)N. The van der Waals surface area contributed by atoms with E-state index in [1.165, 1.54) is 5.57 Å². The molecule has 0 aromatic carbocycles. The largest absolute Gasteiger partial charge is 0.324 e. The smallest absolute Gasteiger partial charge is 0.0901 e. The van der Waals surface area contributed by atoms with Gasteiger partial charge in [0.25, 0.3) is 0 Å². The number of aromatic nitrogens is 1. The number of hydrogen-bond donors (Lipinski definition) is 1. The Hall–Kier alpha value is -0.670. The van der Waals surface area contributed by atoms with Gasteiger partial charge in [-0.15, -0.1) is 11.3 Å². The summed E-state index contributed by atoms with van der Waals surface area (Å²) in [4.78, 5) is 4.32. The Morgan fingerprint density at radius 3 is 2.83 bits per heavy atom. The molecule has 0 fully saturated rings. The summed E-state index contributed by atoms with van der Waals surface area (Å²) in [6.45, 7) is 6.01. The van der Waals surface area contributed by atoms with E-state index >= 15 is 0 Å². The topological polar surface area (TPSA) is 38.9 Å². The summed E-state index contributed by atoms with van der Waals surface area (Å²) in [7, 11) is 0.